The van der Waals surface area contributed by atoms with Crippen LogP contribution in [-0.2, 0) is 0 Å². The fourth-order valence-corrected chi connectivity index (χ4v) is 4.48. The Kier molecular flexibility index (Phi) is 4.13. The zero-order valence-electron chi connectivity index (χ0n) is 13.9. The lowest BCUT2D eigenvalue weighted by Gasteiger charge is -2.65. The predicted molar refractivity (Wildman–Crippen MR) is 91.3 cm³/mol. The van der Waals surface area contributed by atoms with Gasteiger partial charge in [-0.2, -0.15) is 0 Å². The van der Waals surface area contributed by atoms with Crippen molar-refractivity contribution in [2.24, 2.45) is 22.2 Å². The second kappa shape index (κ2) is 5.78. The standard InChI is InChI=1S/C19H28N2O/c1-18(2)15-11-16(18)19(3,22)17(12-15)21-10-9-20-13-14-7-5-4-6-8-14/h4-8,13,15-17,21-22H,9-12H2,1-3H3/t15-,16-,17-,19-/m1/s1. The van der Waals surface area contributed by atoms with Crippen LogP contribution in [0.1, 0.15) is 39.2 Å². The number of hydrogen-bond donors (Lipinski definition) is 2. The number of aliphatic hydroxyl groups is 1. The minimum absolute atomic E-state index is 0.205. The van der Waals surface area contributed by atoms with E-state index in [0.717, 1.165) is 31.0 Å². The molecule has 22 heavy (non-hydrogen) atoms. The van der Waals surface area contributed by atoms with Crippen molar-refractivity contribution in [3.63, 3.8) is 0 Å². The summed E-state index contributed by atoms with van der Waals surface area (Å²) in [6.45, 7) is 8.20. The average molecular weight is 300 g/mol. The second-order valence-corrected chi connectivity index (χ2v) is 7.72. The Hall–Kier alpha value is -1.19. The maximum absolute atomic E-state index is 10.9. The maximum atomic E-state index is 10.9. The van der Waals surface area contributed by atoms with Gasteiger partial charge in [0.25, 0.3) is 0 Å². The van der Waals surface area contributed by atoms with Crippen molar-refractivity contribution >= 4 is 6.21 Å². The third-order valence-electron chi connectivity index (χ3n) is 6.07. The molecule has 120 valence electrons. The molecule has 0 amide bonds. The number of fused-ring (bicyclic) bond motifs is 2. The maximum Gasteiger partial charge on any atom is 0.0805 e. The Balaban J connectivity index is 1.48. The molecule has 3 heteroatoms. The lowest BCUT2D eigenvalue weighted by Crippen LogP contribution is -2.69. The molecule has 2 bridgehead atoms. The third-order valence-corrected chi connectivity index (χ3v) is 6.07. The van der Waals surface area contributed by atoms with Gasteiger partial charge in [-0.3, -0.25) is 4.99 Å². The van der Waals surface area contributed by atoms with Crippen molar-refractivity contribution < 1.29 is 5.11 Å². The van der Waals surface area contributed by atoms with Crippen LogP contribution in [0, 0.1) is 17.3 Å². The molecule has 0 heterocycles. The van der Waals surface area contributed by atoms with Gasteiger partial charge < -0.3 is 10.4 Å². The Bertz CT molecular complexity index is 536. The van der Waals surface area contributed by atoms with Crippen molar-refractivity contribution in [1.82, 2.24) is 5.32 Å². The van der Waals surface area contributed by atoms with Crippen LogP contribution >= 0.6 is 0 Å². The summed E-state index contributed by atoms with van der Waals surface area (Å²) in [5.41, 5.74) is 0.837. The molecule has 3 saturated carbocycles. The molecule has 2 N–H and O–H groups in total. The zero-order valence-corrected chi connectivity index (χ0v) is 13.9. The summed E-state index contributed by atoms with van der Waals surface area (Å²) in [4.78, 5) is 4.46. The highest BCUT2D eigenvalue weighted by molar-refractivity contribution is 5.79. The largest absolute Gasteiger partial charge is 0.388 e. The summed E-state index contributed by atoms with van der Waals surface area (Å²) >= 11 is 0. The van der Waals surface area contributed by atoms with E-state index < -0.39 is 5.60 Å². The van der Waals surface area contributed by atoms with Gasteiger partial charge in [0, 0.05) is 18.8 Å². The fourth-order valence-electron chi connectivity index (χ4n) is 4.48. The zero-order chi connectivity index (χ0) is 15.8. The van der Waals surface area contributed by atoms with Crippen LogP contribution in [0.3, 0.4) is 0 Å². The van der Waals surface area contributed by atoms with E-state index in [1.165, 1.54) is 6.42 Å². The number of nitrogens with zero attached hydrogens (tertiary/aromatic N) is 1. The number of benzene rings is 1. The lowest BCUT2D eigenvalue weighted by molar-refractivity contribution is -0.208. The smallest absolute Gasteiger partial charge is 0.0805 e. The molecule has 3 fully saturated rings. The minimum Gasteiger partial charge on any atom is -0.388 e. The fraction of sp³-hybridized carbons (Fsp3) is 0.632. The van der Waals surface area contributed by atoms with Gasteiger partial charge in [0.15, 0.2) is 0 Å². The van der Waals surface area contributed by atoms with Crippen molar-refractivity contribution in [2.45, 2.75) is 45.3 Å². The molecular formula is C19H28N2O. The van der Waals surface area contributed by atoms with Gasteiger partial charge in [0.1, 0.15) is 0 Å². The SMILES string of the molecule is CC1(C)[C@@H]2C[C@H]1[C@@](C)(O)[C@H](NCCN=Cc1ccccc1)C2. The van der Waals surface area contributed by atoms with Gasteiger partial charge in [-0.1, -0.05) is 44.2 Å². The molecule has 0 saturated heterocycles. The van der Waals surface area contributed by atoms with Gasteiger partial charge >= 0.3 is 0 Å². The van der Waals surface area contributed by atoms with E-state index in [1.54, 1.807) is 0 Å². The predicted octanol–water partition coefficient (Wildman–Crippen LogP) is 2.88. The minimum atomic E-state index is -0.596. The first-order valence-electron chi connectivity index (χ1n) is 8.43. The van der Waals surface area contributed by atoms with Crippen molar-refractivity contribution in [1.29, 1.82) is 0 Å². The van der Waals surface area contributed by atoms with Gasteiger partial charge in [-0.25, -0.2) is 0 Å². The van der Waals surface area contributed by atoms with E-state index >= 15 is 0 Å². The number of hydrogen-bond acceptors (Lipinski definition) is 3. The molecule has 1 aromatic carbocycles. The Morgan fingerprint density at radius 3 is 2.59 bits per heavy atom. The molecule has 1 aromatic rings. The van der Waals surface area contributed by atoms with Crippen LogP contribution in [0.4, 0.5) is 0 Å². The number of aliphatic imine (C=N–C) groups is 1. The van der Waals surface area contributed by atoms with Gasteiger partial charge in [-0.05, 0) is 42.6 Å². The van der Waals surface area contributed by atoms with Gasteiger partial charge in [0.2, 0.25) is 0 Å². The van der Waals surface area contributed by atoms with E-state index in [9.17, 15) is 5.11 Å². The molecule has 3 aliphatic rings. The highest BCUT2D eigenvalue weighted by atomic mass is 16.3. The van der Waals surface area contributed by atoms with E-state index in [1.807, 2.05) is 31.3 Å². The first-order chi connectivity index (χ1) is 10.4. The van der Waals surface area contributed by atoms with Crippen LogP contribution in [0.2, 0.25) is 0 Å². The van der Waals surface area contributed by atoms with Crippen LogP contribution in [-0.4, -0.2) is 36.1 Å². The first-order valence-corrected chi connectivity index (χ1v) is 8.43. The van der Waals surface area contributed by atoms with Gasteiger partial charge in [0.05, 0.1) is 12.1 Å². The summed E-state index contributed by atoms with van der Waals surface area (Å²) < 4.78 is 0. The molecule has 3 nitrogen and oxygen atoms in total. The third kappa shape index (κ3) is 2.72. The van der Waals surface area contributed by atoms with Gasteiger partial charge in [-0.15, -0.1) is 0 Å². The molecule has 0 unspecified atom stereocenters. The van der Waals surface area contributed by atoms with E-state index in [4.69, 9.17) is 0 Å². The van der Waals surface area contributed by atoms with Crippen LogP contribution in [0.15, 0.2) is 35.3 Å². The topological polar surface area (TPSA) is 44.6 Å². The van der Waals surface area contributed by atoms with Crippen LogP contribution in [0.5, 0.6) is 0 Å². The molecule has 3 aliphatic carbocycles. The highest BCUT2D eigenvalue weighted by Gasteiger charge is 2.62. The summed E-state index contributed by atoms with van der Waals surface area (Å²) in [6.07, 6.45) is 4.19. The average Bonchev–Trinajstić information content (AvgIpc) is 2.48. The molecule has 0 aromatic heterocycles. The molecular weight excluding hydrogens is 272 g/mol. The molecule has 0 spiro atoms. The highest BCUT2D eigenvalue weighted by Crippen LogP contribution is 2.62. The van der Waals surface area contributed by atoms with E-state index in [0.29, 0.717) is 11.3 Å². The quantitative estimate of drug-likeness (QED) is 0.649. The van der Waals surface area contributed by atoms with Crippen LogP contribution in [0.25, 0.3) is 0 Å². The second-order valence-electron chi connectivity index (χ2n) is 7.72. The molecule has 4 rings (SSSR count). The van der Waals surface area contributed by atoms with Crippen molar-refractivity contribution in [2.75, 3.05) is 13.1 Å². The summed E-state index contributed by atoms with van der Waals surface area (Å²) in [6, 6.07) is 10.4. The van der Waals surface area contributed by atoms with E-state index in [-0.39, 0.29) is 6.04 Å². The monoisotopic (exact) mass is 300 g/mol. The lowest BCUT2D eigenvalue weighted by atomic mass is 9.43. The number of rotatable bonds is 5. The Labute approximate surface area is 133 Å². The summed E-state index contributed by atoms with van der Waals surface area (Å²) in [5, 5.41) is 14.4. The summed E-state index contributed by atoms with van der Waals surface area (Å²) in [5.74, 6) is 1.17. The van der Waals surface area contributed by atoms with Crippen molar-refractivity contribution in [3.8, 4) is 0 Å². The summed E-state index contributed by atoms with van der Waals surface area (Å²) in [7, 11) is 0. The van der Waals surface area contributed by atoms with Crippen molar-refractivity contribution in [3.05, 3.63) is 35.9 Å². The Morgan fingerprint density at radius 1 is 1.23 bits per heavy atom. The van der Waals surface area contributed by atoms with E-state index in [2.05, 4.69) is 36.3 Å². The molecule has 4 atom stereocenters. The normalized spacial score (nSPS) is 36.3. The molecule has 0 aliphatic heterocycles. The number of nitrogens with one attached hydrogen (secondary N) is 1. The molecule has 0 radical (unpaired) electrons. The van der Waals surface area contributed by atoms with Crippen LogP contribution < -0.4 is 5.32 Å². The first kappa shape index (κ1) is 15.7. The Morgan fingerprint density at radius 2 is 1.95 bits per heavy atom.